The van der Waals surface area contributed by atoms with Crippen molar-refractivity contribution in [2.24, 2.45) is 0 Å². The van der Waals surface area contributed by atoms with Gasteiger partial charge in [0.15, 0.2) is 6.29 Å². The number of nitrogens with zero attached hydrogens (tertiary/aromatic N) is 1. The molecule has 21 heavy (non-hydrogen) atoms. The third-order valence-corrected chi connectivity index (χ3v) is 3.14. The first-order valence-corrected chi connectivity index (χ1v) is 6.76. The molecular weight excluding hydrogens is 266 g/mol. The highest BCUT2D eigenvalue weighted by Crippen LogP contribution is 2.28. The molecule has 0 unspecified atom stereocenters. The first-order valence-electron chi connectivity index (χ1n) is 6.76. The van der Waals surface area contributed by atoms with Crippen LogP contribution in [-0.2, 0) is 0 Å². The van der Waals surface area contributed by atoms with Crippen LogP contribution in [-0.4, -0.2) is 43.5 Å². The standard InChI is InChI=1S/C17H19NO3/c1-18(2)9-10-21-16-7-4-13(5-8-16)17-11-15(20)6-3-14(17)12-19/h3-8,11-12,20H,9-10H2,1-2H3. The summed E-state index contributed by atoms with van der Waals surface area (Å²) in [4.78, 5) is 13.1. The number of phenolic OH excluding ortho intramolecular Hbond substituents is 1. The second-order valence-electron chi connectivity index (χ2n) is 5.07. The Balaban J connectivity index is 2.15. The van der Waals surface area contributed by atoms with Gasteiger partial charge in [0.2, 0.25) is 0 Å². The number of carbonyl (C=O) groups is 1. The summed E-state index contributed by atoms with van der Waals surface area (Å²) >= 11 is 0. The maximum absolute atomic E-state index is 11.1. The Morgan fingerprint density at radius 3 is 2.48 bits per heavy atom. The Hall–Kier alpha value is -2.33. The molecular formula is C17H19NO3. The molecule has 0 aliphatic heterocycles. The fourth-order valence-electron chi connectivity index (χ4n) is 1.97. The molecule has 0 radical (unpaired) electrons. The zero-order valence-electron chi connectivity index (χ0n) is 12.2. The number of rotatable bonds is 6. The van der Waals surface area contributed by atoms with Gasteiger partial charge in [0, 0.05) is 12.1 Å². The largest absolute Gasteiger partial charge is 0.508 e. The van der Waals surface area contributed by atoms with E-state index in [4.69, 9.17) is 4.74 Å². The maximum atomic E-state index is 11.1. The SMILES string of the molecule is CN(C)CCOc1ccc(-c2cc(O)ccc2C=O)cc1. The first-order chi connectivity index (χ1) is 10.1. The van der Waals surface area contributed by atoms with Crippen LogP contribution in [0.1, 0.15) is 10.4 Å². The van der Waals surface area contributed by atoms with Crippen LogP contribution in [0.3, 0.4) is 0 Å². The highest BCUT2D eigenvalue weighted by molar-refractivity contribution is 5.88. The fourth-order valence-corrected chi connectivity index (χ4v) is 1.97. The number of aldehydes is 1. The van der Waals surface area contributed by atoms with Gasteiger partial charge in [-0.05, 0) is 55.6 Å². The molecule has 4 nitrogen and oxygen atoms in total. The number of benzene rings is 2. The van der Waals surface area contributed by atoms with Crippen molar-refractivity contribution in [3.05, 3.63) is 48.0 Å². The second kappa shape index (κ2) is 6.90. The Bertz CT molecular complexity index is 606. The number of likely N-dealkylation sites (N-methyl/N-ethyl adjacent to an activating group) is 1. The van der Waals surface area contributed by atoms with Crippen LogP contribution in [0.4, 0.5) is 0 Å². The van der Waals surface area contributed by atoms with Gasteiger partial charge in [0.05, 0.1) is 0 Å². The summed E-state index contributed by atoms with van der Waals surface area (Å²) in [5, 5.41) is 9.57. The average Bonchev–Trinajstić information content (AvgIpc) is 2.47. The molecule has 0 fully saturated rings. The first kappa shape index (κ1) is 15.1. The van der Waals surface area contributed by atoms with E-state index in [0.29, 0.717) is 17.7 Å². The lowest BCUT2D eigenvalue weighted by Gasteiger charge is -2.11. The monoisotopic (exact) mass is 285 g/mol. The summed E-state index contributed by atoms with van der Waals surface area (Å²) < 4.78 is 5.63. The second-order valence-corrected chi connectivity index (χ2v) is 5.07. The molecule has 0 aliphatic rings. The van der Waals surface area contributed by atoms with Crippen LogP contribution >= 0.6 is 0 Å². The molecule has 0 aromatic heterocycles. The molecule has 0 amide bonds. The van der Waals surface area contributed by atoms with Crippen LogP contribution in [0.15, 0.2) is 42.5 Å². The van der Waals surface area contributed by atoms with Crippen molar-refractivity contribution < 1.29 is 14.6 Å². The molecule has 1 N–H and O–H groups in total. The molecule has 0 aliphatic carbocycles. The summed E-state index contributed by atoms with van der Waals surface area (Å²) in [7, 11) is 3.99. The molecule has 2 aromatic rings. The van der Waals surface area contributed by atoms with Gasteiger partial charge in [-0.25, -0.2) is 0 Å². The maximum Gasteiger partial charge on any atom is 0.150 e. The minimum Gasteiger partial charge on any atom is -0.508 e. The van der Waals surface area contributed by atoms with Gasteiger partial charge in [0.1, 0.15) is 18.1 Å². The van der Waals surface area contributed by atoms with E-state index in [9.17, 15) is 9.90 Å². The van der Waals surface area contributed by atoms with Gasteiger partial charge in [0.25, 0.3) is 0 Å². The Morgan fingerprint density at radius 1 is 1.14 bits per heavy atom. The van der Waals surface area contributed by atoms with E-state index < -0.39 is 0 Å². The lowest BCUT2D eigenvalue weighted by Crippen LogP contribution is -2.19. The number of carbonyl (C=O) groups excluding carboxylic acids is 1. The molecule has 0 bridgehead atoms. The van der Waals surface area contributed by atoms with E-state index in [-0.39, 0.29) is 5.75 Å². The van der Waals surface area contributed by atoms with Crippen molar-refractivity contribution in [2.75, 3.05) is 27.2 Å². The highest BCUT2D eigenvalue weighted by atomic mass is 16.5. The molecule has 0 heterocycles. The quantitative estimate of drug-likeness (QED) is 0.829. The normalized spacial score (nSPS) is 10.6. The molecule has 2 rings (SSSR count). The lowest BCUT2D eigenvalue weighted by atomic mass is 10.00. The molecule has 0 saturated heterocycles. The number of aromatic hydroxyl groups is 1. The minimum absolute atomic E-state index is 0.141. The van der Waals surface area contributed by atoms with Gasteiger partial charge in [-0.3, -0.25) is 4.79 Å². The Kier molecular flexibility index (Phi) is 4.95. The molecule has 2 aromatic carbocycles. The van der Waals surface area contributed by atoms with Crippen LogP contribution in [0.2, 0.25) is 0 Å². The summed E-state index contributed by atoms with van der Waals surface area (Å²) in [6, 6.07) is 12.2. The topological polar surface area (TPSA) is 49.8 Å². The van der Waals surface area contributed by atoms with Gasteiger partial charge >= 0.3 is 0 Å². The number of hydrogen-bond acceptors (Lipinski definition) is 4. The molecule has 4 heteroatoms. The summed E-state index contributed by atoms with van der Waals surface area (Å²) in [6.45, 7) is 1.47. The van der Waals surface area contributed by atoms with Crippen molar-refractivity contribution >= 4 is 6.29 Å². The van der Waals surface area contributed by atoms with Crippen molar-refractivity contribution in [1.82, 2.24) is 4.90 Å². The number of hydrogen-bond donors (Lipinski definition) is 1. The molecule has 0 atom stereocenters. The molecule has 0 saturated carbocycles. The van der Waals surface area contributed by atoms with Gasteiger partial charge in [-0.1, -0.05) is 12.1 Å². The van der Waals surface area contributed by atoms with Crippen LogP contribution in [0, 0.1) is 0 Å². The van der Waals surface area contributed by atoms with E-state index in [1.165, 1.54) is 6.07 Å². The summed E-state index contributed by atoms with van der Waals surface area (Å²) in [5.74, 6) is 0.926. The van der Waals surface area contributed by atoms with Crippen molar-refractivity contribution in [3.8, 4) is 22.6 Å². The Morgan fingerprint density at radius 2 is 1.86 bits per heavy atom. The predicted molar refractivity (Wildman–Crippen MR) is 83.0 cm³/mol. The third-order valence-electron chi connectivity index (χ3n) is 3.14. The van der Waals surface area contributed by atoms with E-state index in [2.05, 4.69) is 4.90 Å². The van der Waals surface area contributed by atoms with Crippen LogP contribution in [0.25, 0.3) is 11.1 Å². The third kappa shape index (κ3) is 4.07. The average molecular weight is 285 g/mol. The highest BCUT2D eigenvalue weighted by Gasteiger charge is 2.06. The summed E-state index contributed by atoms with van der Waals surface area (Å²) in [6.07, 6.45) is 0.788. The van der Waals surface area contributed by atoms with Crippen molar-refractivity contribution in [3.63, 3.8) is 0 Å². The molecule has 110 valence electrons. The lowest BCUT2D eigenvalue weighted by molar-refractivity contribution is 0.112. The zero-order chi connectivity index (χ0) is 15.2. The predicted octanol–water partition coefficient (Wildman–Crippen LogP) is 2.81. The van der Waals surface area contributed by atoms with Crippen molar-refractivity contribution in [1.29, 1.82) is 0 Å². The van der Waals surface area contributed by atoms with E-state index >= 15 is 0 Å². The fraction of sp³-hybridized carbons (Fsp3) is 0.235. The van der Waals surface area contributed by atoms with Crippen molar-refractivity contribution in [2.45, 2.75) is 0 Å². The number of phenols is 1. The zero-order valence-corrected chi connectivity index (χ0v) is 12.2. The smallest absolute Gasteiger partial charge is 0.150 e. The van der Waals surface area contributed by atoms with E-state index in [0.717, 1.165) is 24.1 Å². The van der Waals surface area contributed by atoms with Crippen LogP contribution in [0.5, 0.6) is 11.5 Å². The van der Waals surface area contributed by atoms with Gasteiger partial charge < -0.3 is 14.7 Å². The van der Waals surface area contributed by atoms with E-state index in [1.807, 2.05) is 38.4 Å². The van der Waals surface area contributed by atoms with E-state index in [1.54, 1.807) is 12.1 Å². The molecule has 0 spiro atoms. The summed E-state index contributed by atoms with van der Waals surface area (Å²) in [5.41, 5.74) is 2.13. The van der Waals surface area contributed by atoms with Gasteiger partial charge in [-0.2, -0.15) is 0 Å². The van der Waals surface area contributed by atoms with Gasteiger partial charge in [-0.15, -0.1) is 0 Å². The Labute approximate surface area is 124 Å². The van der Waals surface area contributed by atoms with Crippen LogP contribution < -0.4 is 4.74 Å². The minimum atomic E-state index is 0.141. The number of ether oxygens (including phenoxy) is 1.